The molecular weight excluding hydrogens is 239 g/mol. The molecule has 0 bridgehead atoms. The van der Waals surface area contributed by atoms with Gasteiger partial charge in [-0.25, -0.2) is 4.39 Å². The Labute approximate surface area is 115 Å². The quantitative estimate of drug-likeness (QED) is 0.905. The third kappa shape index (κ3) is 4.29. The van der Waals surface area contributed by atoms with E-state index in [1.807, 2.05) is 19.1 Å². The predicted molar refractivity (Wildman–Crippen MR) is 77.4 cm³/mol. The van der Waals surface area contributed by atoms with Gasteiger partial charge in [-0.05, 0) is 62.8 Å². The lowest BCUT2D eigenvalue weighted by Gasteiger charge is -2.29. The lowest BCUT2D eigenvalue weighted by molar-refractivity contribution is 0.219. The molecule has 0 amide bonds. The van der Waals surface area contributed by atoms with Gasteiger partial charge in [0.25, 0.3) is 0 Å². The summed E-state index contributed by atoms with van der Waals surface area (Å²) >= 11 is 0. The van der Waals surface area contributed by atoms with Crippen molar-refractivity contribution in [1.29, 1.82) is 0 Å². The summed E-state index contributed by atoms with van der Waals surface area (Å²) in [4.78, 5) is 2.34. The highest BCUT2D eigenvalue weighted by atomic mass is 19.1. The number of rotatable bonds is 4. The first-order chi connectivity index (χ1) is 9.04. The SMILES string of the molecule is Cc1cc(CN(C)CC2CCC(N)CC2)ccc1F. The van der Waals surface area contributed by atoms with Gasteiger partial charge in [0.15, 0.2) is 0 Å². The zero-order valence-corrected chi connectivity index (χ0v) is 12.0. The molecule has 106 valence electrons. The lowest BCUT2D eigenvalue weighted by atomic mass is 9.86. The van der Waals surface area contributed by atoms with Crippen LogP contribution in [0.4, 0.5) is 4.39 Å². The lowest BCUT2D eigenvalue weighted by Crippen LogP contribution is -2.32. The Balaban J connectivity index is 1.83. The van der Waals surface area contributed by atoms with Crippen molar-refractivity contribution in [3.8, 4) is 0 Å². The largest absolute Gasteiger partial charge is 0.328 e. The third-order valence-electron chi connectivity index (χ3n) is 4.14. The van der Waals surface area contributed by atoms with Crippen LogP contribution < -0.4 is 5.73 Å². The zero-order chi connectivity index (χ0) is 13.8. The van der Waals surface area contributed by atoms with Crippen molar-refractivity contribution in [2.45, 2.75) is 45.2 Å². The number of halogens is 1. The van der Waals surface area contributed by atoms with Gasteiger partial charge >= 0.3 is 0 Å². The number of nitrogens with two attached hydrogens (primary N) is 1. The van der Waals surface area contributed by atoms with Crippen LogP contribution in [-0.2, 0) is 6.54 Å². The van der Waals surface area contributed by atoms with Crippen molar-refractivity contribution >= 4 is 0 Å². The molecule has 2 nitrogen and oxygen atoms in total. The molecule has 0 aliphatic heterocycles. The van der Waals surface area contributed by atoms with E-state index >= 15 is 0 Å². The number of hydrogen-bond donors (Lipinski definition) is 1. The van der Waals surface area contributed by atoms with Gasteiger partial charge in [0.05, 0.1) is 0 Å². The topological polar surface area (TPSA) is 29.3 Å². The standard InChI is InChI=1S/C16H25FN2/c1-12-9-14(5-8-16(12)17)11-19(2)10-13-3-6-15(18)7-4-13/h5,8-9,13,15H,3-4,6-7,10-11,18H2,1-2H3. The molecule has 3 heteroatoms. The molecule has 0 aromatic heterocycles. The minimum Gasteiger partial charge on any atom is -0.328 e. The highest BCUT2D eigenvalue weighted by molar-refractivity contribution is 5.23. The fourth-order valence-electron chi connectivity index (χ4n) is 2.99. The molecule has 1 saturated carbocycles. The molecule has 2 rings (SSSR count). The van der Waals surface area contributed by atoms with Gasteiger partial charge < -0.3 is 10.6 Å². The summed E-state index contributed by atoms with van der Waals surface area (Å²) in [5.74, 6) is 0.652. The first kappa shape index (κ1) is 14.5. The van der Waals surface area contributed by atoms with Crippen LogP contribution in [-0.4, -0.2) is 24.5 Å². The highest BCUT2D eigenvalue weighted by Gasteiger charge is 2.19. The fourth-order valence-corrected chi connectivity index (χ4v) is 2.99. The van der Waals surface area contributed by atoms with Crippen LogP contribution in [0.3, 0.4) is 0 Å². The Bertz CT molecular complexity index is 411. The van der Waals surface area contributed by atoms with Crippen molar-refractivity contribution in [2.75, 3.05) is 13.6 Å². The molecule has 0 spiro atoms. The Morgan fingerprint density at radius 1 is 1.26 bits per heavy atom. The second-order valence-corrected chi connectivity index (χ2v) is 6.06. The maximum Gasteiger partial charge on any atom is 0.126 e. The Kier molecular flexibility index (Phi) is 4.94. The molecule has 1 aromatic rings. The second-order valence-electron chi connectivity index (χ2n) is 6.06. The van der Waals surface area contributed by atoms with Crippen molar-refractivity contribution in [2.24, 2.45) is 11.7 Å². The predicted octanol–water partition coefficient (Wildman–Crippen LogP) is 3.08. The van der Waals surface area contributed by atoms with Gasteiger partial charge in [-0.3, -0.25) is 0 Å². The summed E-state index contributed by atoms with van der Waals surface area (Å²) in [6.45, 7) is 3.83. The van der Waals surface area contributed by atoms with Crippen molar-refractivity contribution in [3.05, 3.63) is 35.1 Å². The van der Waals surface area contributed by atoms with E-state index in [1.165, 1.54) is 18.4 Å². The molecule has 0 heterocycles. The summed E-state index contributed by atoms with van der Waals surface area (Å²) in [5, 5.41) is 0. The molecule has 1 aliphatic rings. The van der Waals surface area contributed by atoms with Crippen LogP contribution >= 0.6 is 0 Å². The van der Waals surface area contributed by atoms with Crippen LogP contribution in [0.1, 0.15) is 36.8 Å². The molecule has 0 atom stereocenters. The van der Waals surface area contributed by atoms with E-state index in [-0.39, 0.29) is 5.82 Å². The molecule has 1 aliphatic carbocycles. The van der Waals surface area contributed by atoms with Crippen molar-refractivity contribution < 1.29 is 4.39 Å². The average Bonchev–Trinajstić information content (AvgIpc) is 2.37. The van der Waals surface area contributed by atoms with Gasteiger partial charge in [-0.1, -0.05) is 12.1 Å². The Morgan fingerprint density at radius 3 is 2.58 bits per heavy atom. The normalized spacial score (nSPS) is 23.8. The average molecular weight is 264 g/mol. The molecule has 2 N–H and O–H groups in total. The van der Waals surface area contributed by atoms with Gasteiger partial charge in [-0.2, -0.15) is 0 Å². The van der Waals surface area contributed by atoms with Crippen LogP contribution in [0.5, 0.6) is 0 Å². The molecule has 0 saturated heterocycles. The van der Waals surface area contributed by atoms with E-state index < -0.39 is 0 Å². The van der Waals surface area contributed by atoms with E-state index in [0.29, 0.717) is 6.04 Å². The Morgan fingerprint density at radius 2 is 1.95 bits per heavy atom. The van der Waals surface area contributed by atoms with Crippen LogP contribution in [0.25, 0.3) is 0 Å². The van der Waals surface area contributed by atoms with Crippen molar-refractivity contribution in [1.82, 2.24) is 4.90 Å². The van der Waals surface area contributed by atoms with Gasteiger partial charge in [0.1, 0.15) is 5.82 Å². The van der Waals surface area contributed by atoms with E-state index in [4.69, 9.17) is 5.73 Å². The van der Waals surface area contributed by atoms with E-state index in [0.717, 1.165) is 37.4 Å². The summed E-state index contributed by atoms with van der Waals surface area (Å²) in [5.41, 5.74) is 7.85. The third-order valence-corrected chi connectivity index (χ3v) is 4.14. The van der Waals surface area contributed by atoms with Gasteiger partial charge in [0, 0.05) is 19.1 Å². The van der Waals surface area contributed by atoms with Gasteiger partial charge in [-0.15, -0.1) is 0 Å². The fraction of sp³-hybridized carbons (Fsp3) is 0.625. The maximum atomic E-state index is 13.2. The van der Waals surface area contributed by atoms with E-state index in [9.17, 15) is 4.39 Å². The summed E-state index contributed by atoms with van der Waals surface area (Å²) < 4.78 is 13.2. The van der Waals surface area contributed by atoms with E-state index in [1.54, 1.807) is 6.07 Å². The first-order valence-corrected chi connectivity index (χ1v) is 7.23. The number of hydrogen-bond acceptors (Lipinski definition) is 2. The van der Waals surface area contributed by atoms with Crippen LogP contribution in [0.2, 0.25) is 0 Å². The molecule has 0 unspecified atom stereocenters. The van der Waals surface area contributed by atoms with Gasteiger partial charge in [0.2, 0.25) is 0 Å². The maximum absolute atomic E-state index is 13.2. The molecule has 0 radical (unpaired) electrons. The zero-order valence-electron chi connectivity index (χ0n) is 12.0. The number of aryl methyl sites for hydroxylation is 1. The first-order valence-electron chi connectivity index (χ1n) is 7.23. The molecule has 19 heavy (non-hydrogen) atoms. The van der Waals surface area contributed by atoms with Crippen LogP contribution in [0.15, 0.2) is 18.2 Å². The summed E-state index contributed by atoms with van der Waals surface area (Å²) in [7, 11) is 2.15. The van der Waals surface area contributed by atoms with Crippen molar-refractivity contribution in [3.63, 3.8) is 0 Å². The highest BCUT2D eigenvalue weighted by Crippen LogP contribution is 2.24. The number of benzene rings is 1. The van der Waals surface area contributed by atoms with E-state index in [2.05, 4.69) is 11.9 Å². The molecule has 1 fully saturated rings. The molecular formula is C16H25FN2. The monoisotopic (exact) mass is 264 g/mol. The number of nitrogens with zero attached hydrogens (tertiary/aromatic N) is 1. The summed E-state index contributed by atoms with van der Waals surface area (Å²) in [6.07, 6.45) is 4.81. The smallest absolute Gasteiger partial charge is 0.126 e. The minimum atomic E-state index is -0.118. The molecule has 1 aromatic carbocycles. The Hall–Kier alpha value is -0.930. The van der Waals surface area contributed by atoms with Crippen LogP contribution in [0, 0.1) is 18.7 Å². The minimum absolute atomic E-state index is 0.118. The second kappa shape index (κ2) is 6.49. The summed E-state index contributed by atoms with van der Waals surface area (Å²) in [6, 6.07) is 5.82.